The van der Waals surface area contributed by atoms with E-state index in [1.807, 2.05) is 29.2 Å². The lowest BCUT2D eigenvalue weighted by Gasteiger charge is -2.39. The van der Waals surface area contributed by atoms with E-state index in [-0.39, 0.29) is 54.7 Å². The number of hydrogen-bond donors (Lipinski definition) is 1. The lowest BCUT2D eigenvalue weighted by Crippen LogP contribution is -2.57. The van der Waals surface area contributed by atoms with Crippen LogP contribution in [0, 0.1) is 5.92 Å². The molecule has 0 bridgehead atoms. The maximum absolute atomic E-state index is 14.7. The first-order valence-electron chi connectivity index (χ1n) is 15.3. The van der Waals surface area contributed by atoms with Crippen LogP contribution in [0.15, 0.2) is 60.5 Å². The van der Waals surface area contributed by atoms with Crippen LogP contribution in [-0.4, -0.2) is 47.4 Å². The second-order valence-electron chi connectivity index (χ2n) is 12.8. The Morgan fingerprint density at radius 2 is 1.79 bits per heavy atom. The van der Waals surface area contributed by atoms with Gasteiger partial charge in [-0.15, -0.1) is 0 Å². The molecule has 1 heterocycles. The van der Waals surface area contributed by atoms with Crippen LogP contribution >= 0.6 is 0 Å². The zero-order valence-electron chi connectivity index (χ0n) is 26.1. The van der Waals surface area contributed by atoms with E-state index < -0.39 is 29.7 Å². The second-order valence-corrected chi connectivity index (χ2v) is 12.8. The summed E-state index contributed by atoms with van der Waals surface area (Å²) in [4.78, 5) is 32.0. The summed E-state index contributed by atoms with van der Waals surface area (Å²) in [5.41, 5.74) is 1.62. The Labute approximate surface area is 249 Å². The summed E-state index contributed by atoms with van der Waals surface area (Å²) in [6, 6.07) is 5.44. The van der Waals surface area contributed by atoms with Gasteiger partial charge in [-0.1, -0.05) is 71.9 Å². The van der Waals surface area contributed by atoms with Crippen LogP contribution in [-0.2, 0) is 10.2 Å². The minimum absolute atomic E-state index is 0.00608. The molecule has 1 aliphatic carbocycles. The average molecular weight is 588 g/mol. The van der Waals surface area contributed by atoms with E-state index in [9.17, 15) is 22.8 Å². The fourth-order valence-corrected chi connectivity index (χ4v) is 5.90. The number of urea groups is 1. The Hall–Kier alpha value is -3.03. The van der Waals surface area contributed by atoms with Crippen molar-refractivity contribution < 1.29 is 22.8 Å². The number of nitrogens with one attached hydrogen (secondary N) is 1. The molecule has 8 heteroatoms. The molecule has 0 spiro atoms. The first-order valence-corrected chi connectivity index (χ1v) is 15.3. The molecule has 1 saturated carbocycles. The van der Waals surface area contributed by atoms with Crippen molar-refractivity contribution in [1.82, 2.24) is 10.2 Å². The van der Waals surface area contributed by atoms with Gasteiger partial charge in [-0.05, 0) is 73.3 Å². The van der Waals surface area contributed by atoms with Gasteiger partial charge in [-0.3, -0.25) is 9.69 Å². The van der Waals surface area contributed by atoms with Crippen LogP contribution in [0.25, 0.3) is 0 Å². The van der Waals surface area contributed by atoms with Crippen molar-refractivity contribution in [3.8, 4) is 0 Å². The van der Waals surface area contributed by atoms with Gasteiger partial charge < -0.3 is 10.2 Å². The average Bonchev–Trinajstić information content (AvgIpc) is 3.45. The molecular weight excluding hydrogens is 539 g/mol. The summed E-state index contributed by atoms with van der Waals surface area (Å²) in [7, 11) is 0. The molecule has 5 nitrogen and oxygen atoms in total. The number of carbonyl (C=O) groups is 2. The van der Waals surface area contributed by atoms with Gasteiger partial charge in [0.1, 0.15) is 11.9 Å². The summed E-state index contributed by atoms with van der Waals surface area (Å²) in [6.07, 6.45) is 6.10. The van der Waals surface area contributed by atoms with Crippen molar-refractivity contribution in [2.75, 3.05) is 11.4 Å². The summed E-state index contributed by atoms with van der Waals surface area (Å²) >= 11 is 0. The van der Waals surface area contributed by atoms with Crippen molar-refractivity contribution in [2.24, 2.45) is 5.92 Å². The third-order valence-corrected chi connectivity index (χ3v) is 8.77. The van der Waals surface area contributed by atoms with Crippen LogP contribution < -0.4 is 10.2 Å². The fourth-order valence-electron chi connectivity index (χ4n) is 5.90. The number of rotatable bonds is 9. The first kappa shape index (κ1) is 33.5. The Bertz CT molecular complexity index is 1160. The minimum atomic E-state index is -2.75. The fraction of sp³-hybridized carbons (Fsp3) is 0.588. The van der Waals surface area contributed by atoms with E-state index in [2.05, 4.69) is 46.5 Å². The van der Waals surface area contributed by atoms with Gasteiger partial charge in [0.25, 0.3) is 0 Å². The number of amides is 3. The number of nitrogens with zero attached hydrogens (tertiary/aromatic N) is 2. The topological polar surface area (TPSA) is 52.7 Å². The Balaban J connectivity index is 2.14. The molecule has 1 aromatic carbocycles. The Kier molecular flexibility index (Phi) is 11.1. The van der Waals surface area contributed by atoms with Gasteiger partial charge in [0.05, 0.1) is 0 Å². The predicted octanol–water partition coefficient (Wildman–Crippen LogP) is 8.47. The van der Waals surface area contributed by atoms with Crippen molar-refractivity contribution in [3.63, 3.8) is 0 Å². The molecule has 42 heavy (non-hydrogen) atoms. The number of carbonyl (C=O) groups excluding carboxylic acids is 2. The minimum Gasteiger partial charge on any atom is -0.351 e. The van der Waals surface area contributed by atoms with Gasteiger partial charge in [-0.25, -0.2) is 18.0 Å². The standard InChI is InChI=1S/C34H48F3N3O2/c1-8-23(4)29-12-11-21-39(29)32(42)40(28-15-13-25(14-16-28)33(5,6)7)30(24(9-2)22-26(35)10-3)31(41)38-27-17-19-34(36,37)20-18-27/h9-10,13-16,22-23,27,29-30H,2,8,11-12,17-21H2,1,3-7H3,(H,38,41)/b24-22+,26-10+. The molecule has 3 unspecified atom stereocenters. The SMILES string of the molecule is C=C/C(=C\C(F)=C/C)C(C(=O)NC1CCC(F)(F)CC1)N(C(=O)N1CCCC1C(C)CC)c1ccc(C(C)(C)C)cc1. The summed E-state index contributed by atoms with van der Waals surface area (Å²) < 4.78 is 42.5. The smallest absolute Gasteiger partial charge is 0.325 e. The third-order valence-electron chi connectivity index (χ3n) is 8.77. The number of benzene rings is 1. The molecule has 3 atom stereocenters. The molecule has 0 radical (unpaired) electrons. The van der Waals surface area contributed by atoms with E-state index in [1.165, 1.54) is 23.1 Å². The van der Waals surface area contributed by atoms with E-state index in [4.69, 9.17) is 0 Å². The molecule has 3 rings (SSSR count). The van der Waals surface area contributed by atoms with Crippen LogP contribution in [0.1, 0.15) is 92.1 Å². The van der Waals surface area contributed by atoms with Crippen molar-refractivity contribution >= 4 is 17.6 Å². The second kappa shape index (κ2) is 14.0. The van der Waals surface area contributed by atoms with Crippen LogP contribution in [0.5, 0.6) is 0 Å². The molecular formula is C34H48F3N3O2. The molecule has 2 aliphatic rings. The number of hydrogen-bond acceptors (Lipinski definition) is 2. The van der Waals surface area contributed by atoms with Crippen molar-refractivity contribution in [2.45, 2.75) is 116 Å². The van der Waals surface area contributed by atoms with E-state index in [0.717, 1.165) is 24.8 Å². The molecule has 3 amide bonds. The van der Waals surface area contributed by atoms with Gasteiger partial charge in [0.2, 0.25) is 11.8 Å². The summed E-state index contributed by atoms with van der Waals surface area (Å²) in [5, 5.41) is 2.92. The third kappa shape index (κ3) is 8.07. The van der Waals surface area contributed by atoms with E-state index >= 15 is 0 Å². The lowest BCUT2D eigenvalue weighted by molar-refractivity contribution is -0.123. The van der Waals surface area contributed by atoms with Crippen LogP contribution in [0.2, 0.25) is 0 Å². The van der Waals surface area contributed by atoms with E-state index in [1.54, 1.807) is 6.92 Å². The monoisotopic (exact) mass is 587 g/mol. The van der Waals surface area contributed by atoms with Crippen LogP contribution in [0.4, 0.5) is 23.7 Å². The van der Waals surface area contributed by atoms with Gasteiger partial charge in [-0.2, -0.15) is 0 Å². The highest BCUT2D eigenvalue weighted by Gasteiger charge is 2.42. The van der Waals surface area contributed by atoms with Gasteiger partial charge in [0.15, 0.2) is 0 Å². The molecule has 232 valence electrons. The van der Waals surface area contributed by atoms with Crippen molar-refractivity contribution in [1.29, 1.82) is 0 Å². The molecule has 1 saturated heterocycles. The molecule has 1 aliphatic heterocycles. The number of halogens is 3. The molecule has 1 N–H and O–H groups in total. The van der Waals surface area contributed by atoms with Gasteiger partial charge in [0, 0.05) is 37.2 Å². The quantitative estimate of drug-likeness (QED) is 0.295. The largest absolute Gasteiger partial charge is 0.351 e. The number of anilines is 1. The molecule has 0 aromatic heterocycles. The number of alkyl halides is 2. The summed E-state index contributed by atoms with van der Waals surface area (Å²) in [5.74, 6) is -3.62. The Morgan fingerprint density at radius 1 is 1.17 bits per heavy atom. The lowest BCUT2D eigenvalue weighted by atomic mass is 9.87. The molecule has 2 fully saturated rings. The highest BCUT2D eigenvalue weighted by molar-refractivity contribution is 6.02. The maximum atomic E-state index is 14.7. The Morgan fingerprint density at radius 3 is 2.31 bits per heavy atom. The maximum Gasteiger partial charge on any atom is 0.325 e. The number of likely N-dealkylation sites (tertiary alicyclic amines) is 1. The summed E-state index contributed by atoms with van der Waals surface area (Å²) in [6.45, 7) is 16.4. The zero-order valence-corrected chi connectivity index (χ0v) is 26.1. The first-order chi connectivity index (χ1) is 19.7. The van der Waals surface area contributed by atoms with Crippen molar-refractivity contribution in [3.05, 3.63) is 66.0 Å². The molecule has 1 aromatic rings. The highest BCUT2D eigenvalue weighted by Crippen LogP contribution is 2.35. The zero-order chi connectivity index (χ0) is 31.2. The van der Waals surface area contributed by atoms with E-state index in [0.29, 0.717) is 12.2 Å². The number of allylic oxidation sites excluding steroid dienone is 3. The predicted molar refractivity (Wildman–Crippen MR) is 164 cm³/mol. The normalized spacial score (nSPS) is 21.5. The highest BCUT2D eigenvalue weighted by atomic mass is 19.3. The van der Waals surface area contributed by atoms with Crippen LogP contribution in [0.3, 0.4) is 0 Å². The van der Waals surface area contributed by atoms with Gasteiger partial charge >= 0.3 is 6.03 Å².